The van der Waals surface area contributed by atoms with Gasteiger partial charge in [-0.15, -0.1) is 0 Å². The van der Waals surface area contributed by atoms with E-state index in [4.69, 9.17) is 5.73 Å². The smallest absolute Gasteiger partial charge is 0.155 e. The third kappa shape index (κ3) is 3.52. The number of hydrogen-bond donors (Lipinski definition) is 1. The van der Waals surface area contributed by atoms with Crippen LogP contribution in [-0.2, 0) is 15.6 Å². The average Bonchev–Trinajstić information content (AvgIpc) is 2.04. The zero-order valence-electron chi connectivity index (χ0n) is 7.18. The van der Waals surface area contributed by atoms with Crippen molar-refractivity contribution in [2.45, 2.75) is 5.75 Å². The van der Waals surface area contributed by atoms with Gasteiger partial charge in [-0.25, -0.2) is 8.42 Å². The number of sulfone groups is 1. The molecule has 0 unspecified atom stereocenters. The Morgan fingerprint density at radius 3 is 2.77 bits per heavy atom. The summed E-state index contributed by atoms with van der Waals surface area (Å²) in [5.74, 6) is 0.0555. The van der Waals surface area contributed by atoms with E-state index in [9.17, 15) is 8.42 Å². The molecular formula is C8H12N2O2S. The molecule has 1 aromatic rings. The van der Waals surface area contributed by atoms with Gasteiger partial charge < -0.3 is 5.73 Å². The zero-order valence-corrected chi connectivity index (χ0v) is 8.00. The number of aromatic nitrogens is 1. The molecule has 0 atom stereocenters. The van der Waals surface area contributed by atoms with Crippen LogP contribution in [0.4, 0.5) is 0 Å². The van der Waals surface area contributed by atoms with Crippen molar-refractivity contribution >= 4 is 9.84 Å². The summed E-state index contributed by atoms with van der Waals surface area (Å²) in [5.41, 5.74) is 5.88. The number of nitrogens with zero attached hydrogens (tertiary/aromatic N) is 1. The minimum atomic E-state index is -3.05. The molecule has 0 aliphatic carbocycles. The monoisotopic (exact) mass is 200 g/mol. The van der Waals surface area contributed by atoms with Crippen molar-refractivity contribution in [1.29, 1.82) is 0 Å². The van der Waals surface area contributed by atoms with Gasteiger partial charge in [0.05, 0.1) is 11.5 Å². The molecule has 0 spiro atoms. The molecule has 5 heteroatoms. The summed E-state index contributed by atoms with van der Waals surface area (Å²) in [7, 11) is -3.05. The SMILES string of the molecule is NCCS(=O)(=O)Cc1cccnc1. The molecule has 0 amide bonds. The Kier molecular flexibility index (Phi) is 3.39. The van der Waals surface area contributed by atoms with Crippen LogP contribution in [0.15, 0.2) is 24.5 Å². The molecule has 2 N–H and O–H groups in total. The Balaban J connectivity index is 2.70. The zero-order chi connectivity index (χ0) is 9.73. The molecule has 72 valence electrons. The van der Waals surface area contributed by atoms with Gasteiger partial charge in [0.15, 0.2) is 9.84 Å². The average molecular weight is 200 g/mol. The van der Waals surface area contributed by atoms with Gasteiger partial charge >= 0.3 is 0 Å². The molecule has 0 fully saturated rings. The van der Waals surface area contributed by atoms with Gasteiger partial charge in [-0.05, 0) is 11.6 Å². The van der Waals surface area contributed by atoms with Gasteiger partial charge in [-0.3, -0.25) is 4.98 Å². The second-order valence-electron chi connectivity index (χ2n) is 2.74. The van der Waals surface area contributed by atoms with Crippen molar-refractivity contribution in [3.8, 4) is 0 Å². The third-order valence-electron chi connectivity index (χ3n) is 1.54. The molecule has 13 heavy (non-hydrogen) atoms. The quantitative estimate of drug-likeness (QED) is 0.740. The molecule has 0 bridgehead atoms. The molecule has 0 saturated heterocycles. The van der Waals surface area contributed by atoms with E-state index in [1.165, 1.54) is 0 Å². The van der Waals surface area contributed by atoms with Gasteiger partial charge in [-0.1, -0.05) is 6.07 Å². The predicted molar refractivity (Wildman–Crippen MR) is 50.8 cm³/mol. The van der Waals surface area contributed by atoms with Crippen LogP contribution in [0.5, 0.6) is 0 Å². The van der Waals surface area contributed by atoms with Gasteiger partial charge in [-0.2, -0.15) is 0 Å². The highest BCUT2D eigenvalue weighted by atomic mass is 32.2. The number of pyridine rings is 1. The second-order valence-corrected chi connectivity index (χ2v) is 4.93. The summed E-state index contributed by atoms with van der Waals surface area (Å²) >= 11 is 0. The lowest BCUT2D eigenvalue weighted by Gasteiger charge is -2.01. The minimum absolute atomic E-state index is 0.0258. The van der Waals surface area contributed by atoms with Crippen molar-refractivity contribution in [2.75, 3.05) is 12.3 Å². The van der Waals surface area contributed by atoms with Gasteiger partial charge in [0.25, 0.3) is 0 Å². The van der Waals surface area contributed by atoms with Crippen molar-refractivity contribution in [2.24, 2.45) is 5.73 Å². The van der Waals surface area contributed by atoms with E-state index < -0.39 is 9.84 Å². The summed E-state index contributed by atoms with van der Waals surface area (Å²) in [6, 6.07) is 3.45. The van der Waals surface area contributed by atoms with Gasteiger partial charge in [0.2, 0.25) is 0 Å². The Bertz CT molecular complexity index is 348. The Morgan fingerprint density at radius 2 is 2.23 bits per heavy atom. The maximum absolute atomic E-state index is 11.3. The van der Waals surface area contributed by atoms with E-state index in [1.54, 1.807) is 24.5 Å². The maximum Gasteiger partial charge on any atom is 0.155 e. The Labute approximate surface area is 77.7 Å². The van der Waals surface area contributed by atoms with Crippen molar-refractivity contribution in [1.82, 2.24) is 4.98 Å². The van der Waals surface area contributed by atoms with E-state index in [2.05, 4.69) is 4.98 Å². The standard InChI is InChI=1S/C8H12N2O2S/c9-3-5-13(11,12)7-8-2-1-4-10-6-8/h1-2,4,6H,3,5,7,9H2. The van der Waals surface area contributed by atoms with Crippen molar-refractivity contribution in [3.05, 3.63) is 30.1 Å². The highest BCUT2D eigenvalue weighted by molar-refractivity contribution is 7.90. The van der Waals surface area contributed by atoms with E-state index in [0.29, 0.717) is 5.56 Å². The fraction of sp³-hybridized carbons (Fsp3) is 0.375. The molecule has 0 aliphatic rings. The van der Waals surface area contributed by atoms with Crippen LogP contribution in [0.3, 0.4) is 0 Å². The van der Waals surface area contributed by atoms with Gasteiger partial charge in [0.1, 0.15) is 0 Å². The molecule has 0 aromatic carbocycles. The maximum atomic E-state index is 11.3. The predicted octanol–water partition coefficient (Wildman–Crippen LogP) is -0.0449. The first-order valence-corrected chi connectivity index (χ1v) is 5.75. The number of rotatable bonds is 4. The molecule has 0 aliphatic heterocycles. The lowest BCUT2D eigenvalue weighted by atomic mass is 10.3. The normalized spacial score (nSPS) is 11.5. The largest absolute Gasteiger partial charge is 0.329 e. The van der Waals surface area contributed by atoms with E-state index in [-0.39, 0.29) is 18.1 Å². The molecular weight excluding hydrogens is 188 g/mol. The van der Waals surface area contributed by atoms with Crippen molar-refractivity contribution < 1.29 is 8.42 Å². The molecule has 4 nitrogen and oxygen atoms in total. The minimum Gasteiger partial charge on any atom is -0.329 e. The summed E-state index contributed by atoms with van der Waals surface area (Å²) in [4.78, 5) is 3.83. The number of nitrogens with two attached hydrogens (primary N) is 1. The van der Waals surface area contributed by atoms with Gasteiger partial charge in [0, 0.05) is 18.9 Å². The van der Waals surface area contributed by atoms with Crippen LogP contribution < -0.4 is 5.73 Å². The summed E-state index contributed by atoms with van der Waals surface area (Å²) < 4.78 is 22.6. The lowest BCUT2D eigenvalue weighted by Crippen LogP contribution is -2.17. The summed E-state index contributed by atoms with van der Waals surface area (Å²) in [6.45, 7) is 0.169. The molecule has 1 aromatic heterocycles. The summed E-state index contributed by atoms with van der Waals surface area (Å²) in [5, 5.41) is 0. The third-order valence-corrected chi connectivity index (χ3v) is 3.17. The molecule has 0 saturated carbocycles. The molecule has 0 radical (unpaired) electrons. The molecule has 1 heterocycles. The van der Waals surface area contributed by atoms with Crippen LogP contribution in [-0.4, -0.2) is 25.7 Å². The fourth-order valence-corrected chi connectivity index (χ4v) is 2.17. The van der Waals surface area contributed by atoms with Crippen LogP contribution >= 0.6 is 0 Å². The molecule has 1 rings (SSSR count). The van der Waals surface area contributed by atoms with E-state index >= 15 is 0 Å². The van der Waals surface area contributed by atoms with E-state index in [1.807, 2.05) is 0 Å². The first-order valence-electron chi connectivity index (χ1n) is 3.93. The first kappa shape index (κ1) is 10.1. The second kappa shape index (κ2) is 4.34. The topological polar surface area (TPSA) is 73.1 Å². The number of hydrogen-bond acceptors (Lipinski definition) is 4. The first-order chi connectivity index (χ1) is 6.14. The van der Waals surface area contributed by atoms with Crippen LogP contribution in [0.1, 0.15) is 5.56 Å². The lowest BCUT2D eigenvalue weighted by molar-refractivity contribution is 0.595. The Morgan fingerprint density at radius 1 is 1.46 bits per heavy atom. The highest BCUT2D eigenvalue weighted by Gasteiger charge is 2.09. The summed E-state index contributed by atoms with van der Waals surface area (Å²) in [6.07, 6.45) is 3.16. The van der Waals surface area contributed by atoms with Crippen LogP contribution in [0.2, 0.25) is 0 Å². The Hall–Kier alpha value is -0.940. The van der Waals surface area contributed by atoms with Crippen molar-refractivity contribution in [3.63, 3.8) is 0 Å². The van der Waals surface area contributed by atoms with Crippen LogP contribution in [0.25, 0.3) is 0 Å². The fourth-order valence-electron chi connectivity index (χ4n) is 0.989. The van der Waals surface area contributed by atoms with Crippen LogP contribution in [0, 0.1) is 0 Å². The highest BCUT2D eigenvalue weighted by Crippen LogP contribution is 2.03. The van der Waals surface area contributed by atoms with E-state index in [0.717, 1.165) is 0 Å².